The molecule has 0 amide bonds. The van der Waals surface area contributed by atoms with Crippen LogP contribution in [0.1, 0.15) is 52.4 Å². The van der Waals surface area contributed by atoms with Crippen LogP contribution < -0.4 is 0 Å². The Kier molecular flexibility index (Phi) is 4.26. The van der Waals surface area contributed by atoms with E-state index >= 15 is 0 Å². The van der Waals surface area contributed by atoms with Gasteiger partial charge in [-0.2, -0.15) is 0 Å². The number of hydrogen-bond donors (Lipinski definition) is 1. The highest BCUT2D eigenvalue weighted by Gasteiger charge is 2.33. The van der Waals surface area contributed by atoms with Crippen molar-refractivity contribution >= 4 is 0 Å². The number of aliphatic hydroxyl groups excluding tert-OH is 1. The van der Waals surface area contributed by atoms with Gasteiger partial charge in [-0.1, -0.05) is 13.8 Å². The van der Waals surface area contributed by atoms with Gasteiger partial charge in [0.25, 0.3) is 0 Å². The Morgan fingerprint density at radius 2 is 1.94 bits per heavy atom. The third-order valence-electron chi connectivity index (χ3n) is 4.25. The lowest BCUT2D eigenvalue weighted by Crippen LogP contribution is -2.40. The summed E-state index contributed by atoms with van der Waals surface area (Å²) in [7, 11) is 0. The van der Waals surface area contributed by atoms with Crippen molar-refractivity contribution in [2.75, 3.05) is 13.1 Å². The molecular formula is C14H27NO. The second-order valence-electron chi connectivity index (χ2n) is 5.97. The van der Waals surface area contributed by atoms with Crippen LogP contribution in [0.3, 0.4) is 0 Å². The first-order valence-electron chi connectivity index (χ1n) is 7.12. The van der Waals surface area contributed by atoms with Gasteiger partial charge in [0.2, 0.25) is 0 Å². The predicted molar refractivity (Wildman–Crippen MR) is 67.4 cm³/mol. The molecule has 2 rings (SSSR count). The molecule has 16 heavy (non-hydrogen) atoms. The average Bonchev–Trinajstić information content (AvgIpc) is 3.06. The molecule has 2 aliphatic carbocycles. The summed E-state index contributed by atoms with van der Waals surface area (Å²) in [5.41, 5.74) is 0. The Morgan fingerprint density at radius 3 is 2.56 bits per heavy atom. The molecule has 0 saturated heterocycles. The van der Waals surface area contributed by atoms with Gasteiger partial charge in [0.15, 0.2) is 0 Å². The maximum absolute atomic E-state index is 10.1. The highest BCUT2D eigenvalue weighted by atomic mass is 16.3. The zero-order chi connectivity index (χ0) is 11.5. The first kappa shape index (κ1) is 12.4. The normalized spacial score (nSPS) is 35.6. The maximum Gasteiger partial charge on any atom is 0.0580 e. The van der Waals surface area contributed by atoms with Crippen molar-refractivity contribution in [2.45, 2.75) is 64.5 Å². The van der Waals surface area contributed by atoms with E-state index in [0.29, 0.717) is 5.92 Å². The molecule has 0 heterocycles. The van der Waals surface area contributed by atoms with Gasteiger partial charge in [0, 0.05) is 12.6 Å². The van der Waals surface area contributed by atoms with Crippen LogP contribution in [0, 0.1) is 11.8 Å². The molecule has 0 aromatic heterocycles. The van der Waals surface area contributed by atoms with Crippen molar-refractivity contribution in [2.24, 2.45) is 11.8 Å². The Bertz CT molecular complexity index is 215. The molecule has 2 heteroatoms. The second kappa shape index (κ2) is 5.50. The van der Waals surface area contributed by atoms with Gasteiger partial charge in [-0.05, 0) is 56.9 Å². The van der Waals surface area contributed by atoms with Crippen LogP contribution in [0.25, 0.3) is 0 Å². The van der Waals surface area contributed by atoms with Crippen molar-refractivity contribution in [3.8, 4) is 0 Å². The van der Waals surface area contributed by atoms with E-state index in [4.69, 9.17) is 0 Å². The maximum atomic E-state index is 10.1. The zero-order valence-electron chi connectivity index (χ0n) is 10.9. The quantitative estimate of drug-likeness (QED) is 0.777. The van der Waals surface area contributed by atoms with Gasteiger partial charge in [-0.15, -0.1) is 0 Å². The molecule has 2 saturated carbocycles. The van der Waals surface area contributed by atoms with E-state index in [2.05, 4.69) is 18.7 Å². The first-order chi connectivity index (χ1) is 7.70. The van der Waals surface area contributed by atoms with E-state index in [9.17, 15) is 5.11 Å². The molecule has 3 unspecified atom stereocenters. The fourth-order valence-electron chi connectivity index (χ4n) is 3.13. The molecule has 2 aliphatic rings. The SMILES string of the molecule is CCCN(CC1CC(C)CCC1O)C1CC1. The van der Waals surface area contributed by atoms with Crippen LogP contribution in [0.15, 0.2) is 0 Å². The van der Waals surface area contributed by atoms with E-state index in [1.54, 1.807) is 0 Å². The average molecular weight is 225 g/mol. The standard InChI is InChI=1S/C14H27NO/c1-3-8-15(13-5-6-13)10-12-9-11(2)4-7-14(12)16/h11-14,16H,3-10H2,1-2H3. The Hall–Kier alpha value is -0.0800. The summed E-state index contributed by atoms with van der Waals surface area (Å²) in [5, 5.41) is 10.1. The number of nitrogens with zero attached hydrogens (tertiary/aromatic N) is 1. The number of rotatable bonds is 5. The fourth-order valence-corrected chi connectivity index (χ4v) is 3.13. The minimum Gasteiger partial charge on any atom is -0.393 e. The summed E-state index contributed by atoms with van der Waals surface area (Å²) >= 11 is 0. The summed E-state index contributed by atoms with van der Waals surface area (Å²) in [6, 6.07) is 0.851. The third kappa shape index (κ3) is 3.21. The van der Waals surface area contributed by atoms with Gasteiger partial charge in [-0.3, -0.25) is 0 Å². The lowest BCUT2D eigenvalue weighted by Gasteiger charge is -2.35. The Morgan fingerprint density at radius 1 is 1.19 bits per heavy atom. The summed E-state index contributed by atoms with van der Waals surface area (Å²) in [4.78, 5) is 2.63. The molecule has 94 valence electrons. The summed E-state index contributed by atoms with van der Waals surface area (Å²) in [5.74, 6) is 1.35. The van der Waals surface area contributed by atoms with E-state index in [-0.39, 0.29) is 6.10 Å². The summed E-state index contributed by atoms with van der Waals surface area (Å²) < 4.78 is 0. The fraction of sp³-hybridized carbons (Fsp3) is 1.00. The lowest BCUT2D eigenvalue weighted by molar-refractivity contribution is 0.0289. The highest BCUT2D eigenvalue weighted by Crippen LogP contribution is 2.33. The lowest BCUT2D eigenvalue weighted by atomic mass is 9.80. The molecule has 0 bridgehead atoms. The van der Waals surface area contributed by atoms with E-state index in [1.807, 2.05) is 0 Å². The first-order valence-corrected chi connectivity index (χ1v) is 7.12. The van der Waals surface area contributed by atoms with Crippen molar-refractivity contribution in [3.05, 3.63) is 0 Å². The van der Waals surface area contributed by atoms with Crippen LogP contribution in [0.5, 0.6) is 0 Å². The smallest absolute Gasteiger partial charge is 0.0580 e. The largest absolute Gasteiger partial charge is 0.393 e. The van der Waals surface area contributed by atoms with Crippen LogP contribution >= 0.6 is 0 Å². The summed E-state index contributed by atoms with van der Waals surface area (Å²) in [6.07, 6.45) is 7.46. The Labute approximate surface area is 100 Å². The third-order valence-corrected chi connectivity index (χ3v) is 4.25. The molecule has 0 aliphatic heterocycles. The van der Waals surface area contributed by atoms with Crippen LogP contribution in [-0.4, -0.2) is 35.2 Å². The van der Waals surface area contributed by atoms with Crippen LogP contribution in [-0.2, 0) is 0 Å². The molecule has 2 nitrogen and oxygen atoms in total. The molecule has 0 aromatic carbocycles. The van der Waals surface area contributed by atoms with E-state index < -0.39 is 0 Å². The van der Waals surface area contributed by atoms with Gasteiger partial charge >= 0.3 is 0 Å². The molecule has 3 atom stereocenters. The van der Waals surface area contributed by atoms with Crippen LogP contribution in [0.2, 0.25) is 0 Å². The number of aliphatic hydroxyl groups is 1. The van der Waals surface area contributed by atoms with E-state index in [1.165, 1.54) is 38.6 Å². The molecular weight excluding hydrogens is 198 g/mol. The molecule has 1 N–H and O–H groups in total. The van der Waals surface area contributed by atoms with Crippen LogP contribution in [0.4, 0.5) is 0 Å². The zero-order valence-corrected chi connectivity index (χ0v) is 10.9. The van der Waals surface area contributed by atoms with Crippen molar-refractivity contribution in [1.82, 2.24) is 4.90 Å². The van der Waals surface area contributed by atoms with Crippen molar-refractivity contribution in [1.29, 1.82) is 0 Å². The highest BCUT2D eigenvalue weighted by molar-refractivity contribution is 4.88. The van der Waals surface area contributed by atoms with Crippen molar-refractivity contribution in [3.63, 3.8) is 0 Å². The van der Waals surface area contributed by atoms with Gasteiger partial charge in [0.1, 0.15) is 0 Å². The minimum atomic E-state index is -0.0330. The number of hydrogen-bond acceptors (Lipinski definition) is 2. The molecule has 0 aromatic rings. The molecule has 2 fully saturated rings. The topological polar surface area (TPSA) is 23.5 Å². The molecule has 0 spiro atoms. The second-order valence-corrected chi connectivity index (χ2v) is 5.97. The van der Waals surface area contributed by atoms with Gasteiger partial charge in [0.05, 0.1) is 6.10 Å². The summed E-state index contributed by atoms with van der Waals surface area (Å²) in [6.45, 7) is 6.96. The van der Waals surface area contributed by atoms with Gasteiger partial charge in [-0.25, -0.2) is 0 Å². The molecule has 0 radical (unpaired) electrons. The minimum absolute atomic E-state index is 0.0330. The predicted octanol–water partition coefficient (Wildman–Crippen LogP) is 2.66. The van der Waals surface area contributed by atoms with E-state index in [0.717, 1.165) is 24.9 Å². The van der Waals surface area contributed by atoms with Gasteiger partial charge < -0.3 is 10.0 Å². The monoisotopic (exact) mass is 225 g/mol. The van der Waals surface area contributed by atoms with Crippen molar-refractivity contribution < 1.29 is 5.11 Å². The Balaban J connectivity index is 1.84.